The minimum absolute atomic E-state index is 0.0198. The van der Waals surface area contributed by atoms with Gasteiger partial charge in [0, 0.05) is 31.7 Å². The van der Waals surface area contributed by atoms with Crippen LogP contribution in [0.25, 0.3) is 10.2 Å². The number of hydrogen-bond acceptors (Lipinski definition) is 7. The van der Waals surface area contributed by atoms with Gasteiger partial charge in [-0.3, -0.25) is 4.79 Å². The van der Waals surface area contributed by atoms with E-state index in [4.69, 9.17) is 9.47 Å². The number of hydrogen-bond donors (Lipinski definition) is 0. The van der Waals surface area contributed by atoms with Gasteiger partial charge >= 0.3 is 0 Å². The predicted molar refractivity (Wildman–Crippen MR) is 124 cm³/mol. The number of aromatic nitrogens is 2. The zero-order chi connectivity index (χ0) is 21.6. The van der Waals surface area contributed by atoms with Crippen molar-refractivity contribution in [3.8, 4) is 11.5 Å². The maximum atomic E-state index is 13.2. The lowest BCUT2D eigenvalue weighted by atomic mass is 10.1. The Morgan fingerprint density at radius 1 is 1.00 bits per heavy atom. The van der Waals surface area contributed by atoms with E-state index in [1.807, 2.05) is 28.5 Å². The molecule has 3 aromatic rings. The van der Waals surface area contributed by atoms with Crippen molar-refractivity contribution in [2.24, 2.45) is 0 Å². The lowest BCUT2D eigenvalue weighted by Gasteiger charge is -2.35. The highest BCUT2D eigenvalue weighted by molar-refractivity contribution is 7.16. The van der Waals surface area contributed by atoms with Gasteiger partial charge in [0.05, 0.1) is 18.6 Å². The van der Waals surface area contributed by atoms with Crippen molar-refractivity contribution in [2.75, 3.05) is 44.3 Å². The minimum Gasteiger partial charge on any atom is -0.490 e. The third-order valence-electron chi connectivity index (χ3n) is 5.22. The van der Waals surface area contributed by atoms with Crippen molar-refractivity contribution < 1.29 is 14.3 Å². The molecule has 31 heavy (non-hydrogen) atoms. The summed E-state index contributed by atoms with van der Waals surface area (Å²) in [5.74, 6) is 2.30. The molecule has 0 bridgehead atoms. The fourth-order valence-corrected chi connectivity index (χ4v) is 4.36. The van der Waals surface area contributed by atoms with Gasteiger partial charge in [-0.15, -0.1) is 11.3 Å². The molecule has 0 saturated carbocycles. The normalized spacial score (nSPS) is 14.1. The summed E-state index contributed by atoms with van der Waals surface area (Å²) in [6.07, 6.45) is 3.43. The molecule has 164 valence electrons. The SMILES string of the molecule is CCCOc1ccc(C(=O)N2CCN(c3ncnc4sccc34)CC2)cc1OCCC. The molecule has 1 aliphatic rings. The van der Waals surface area contributed by atoms with Gasteiger partial charge in [-0.2, -0.15) is 0 Å². The summed E-state index contributed by atoms with van der Waals surface area (Å²) in [5.41, 5.74) is 0.630. The molecule has 0 unspecified atom stereocenters. The van der Waals surface area contributed by atoms with Gasteiger partial charge in [-0.25, -0.2) is 9.97 Å². The van der Waals surface area contributed by atoms with Crippen LogP contribution in [0.15, 0.2) is 36.0 Å². The van der Waals surface area contributed by atoms with Gasteiger partial charge in [0.25, 0.3) is 5.91 Å². The Bertz CT molecular complexity index is 1030. The third kappa shape index (κ3) is 4.74. The Hall–Kier alpha value is -2.87. The summed E-state index contributed by atoms with van der Waals surface area (Å²) in [5, 5.41) is 3.11. The molecule has 1 amide bonds. The lowest BCUT2D eigenvalue weighted by Crippen LogP contribution is -2.49. The highest BCUT2D eigenvalue weighted by atomic mass is 32.1. The van der Waals surface area contributed by atoms with Crippen molar-refractivity contribution in [1.29, 1.82) is 0 Å². The second-order valence-electron chi connectivity index (χ2n) is 7.47. The molecule has 1 aromatic carbocycles. The van der Waals surface area contributed by atoms with Crippen molar-refractivity contribution in [1.82, 2.24) is 14.9 Å². The fourth-order valence-electron chi connectivity index (χ4n) is 3.63. The molecule has 0 aliphatic carbocycles. The monoisotopic (exact) mass is 440 g/mol. The van der Waals surface area contributed by atoms with Crippen molar-refractivity contribution in [2.45, 2.75) is 26.7 Å². The van der Waals surface area contributed by atoms with Crippen LogP contribution in [0.5, 0.6) is 11.5 Å². The highest BCUT2D eigenvalue weighted by Crippen LogP contribution is 2.30. The first kappa shape index (κ1) is 21.4. The molecule has 0 spiro atoms. The van der Waals surface area contributed by atoms with E-state index >= 15 is 0 Å². The quantitative estimate of drug-likeness (QED) is 0.522. The number of piperazine rings is 1. The van der Waals surface area contributed by atoms with Crippen LogP contribution in [0.4, 0.5) is 5.82 Å². The number of benzene rings is 1. The summed E-state index contributed by atoms with van der Waals surface area (Å²) in [7, 11) is 0. The molecular formula is C23H28N4O3S. The maximum absolute atomic E-state index is 13.2. The number of carbonyl (C=O) groups excluding carboxylic acids is 1. The topological polar surface area (TPSA) is 67.8 Å². The van der Waals surface area contributed by atoms with Crippen molar-refractivity contribution in [3.05, 3.63) is 41.5 Å². The summed E-state index contributed by atoms with van der Waals surface area (Å²) < 4.78 is 11.6. The molecule has 4 rings (SSSR count). The van der Waals surface area contributed by atoms with Crippen LogP contribution in [-0.4, -0.2) is 60.2 Å². The predicted octanol–water partition coefficient (Wildman–Crippen LogP) is 4.23. The summed E-state index contributed by atoms with van der Waals surface area (Å²) in [6, 6.07) is 7.55. The van der Waals surface area contributed by atoms with Crippen LogP contribution in [-0.2, 0) is 0 Å². The van der Waals surface area contributed by atoms with Crippen molar-refractivity contribution >= 4 is 33.3 Å². The second kappa shape index (κ2) is 9.96. The van der Waals surface area contributed by atoms with E-state index in [0.717, 1.165) is 42.0 Å². The Morgan fingerprint density at radius 3 is 2.48 bits per heavy atom. The van der Waals surface area contributed by atoms with Crippen LogP contribution < -0.4 is 14.4 Å². The Balaban J connectivity index is 1.45. The number of thiophene rings is 1. The molecule has 0 atom stereocenters. The first-order chi connectivity index (χ1) is 15.2. The summed E-state index contributed by atoms with van der Waals surface area (Å²) >= 11 is 1.62. The highest BCUT2D eigenvalue weighted by Gasteiger charge is 2.25. The number of fused-ring (bicyclic) bond motifs is 1. The first-order valence-electron chi connectivity index (χ1n) is 10.8. The number of rotatable bonds is 8. The third-order valence-corrected chi connectivity index (χ3v) is 6.04. The summed E-state index contributed by atoms with van der Waals surface area (Å²) in [6.45, 7) is 8.11. The molecule has 1 fully saturated rings. The zero-order valence-corrected chi connectivity index (χ0v) is 18.9. The number of ether oxygens (including phenoxy) is 2. The van der Waals surface area contributed by atoms with Gasteiger partial charge in [-0.05, 0) is 42.5 Å². The van der Waals surface area contributed by atoms with E-state index in [1.165, 1.54) is 0 Å². The largest absolute Gasteiger partial charge is 0.490 e. The van der Waals surface area contributed by atoms with E-state index in [2.05, 4.69) is 34.8 Å². The number of carbonyl (C=O) groups is 1. The molecule has 2 aromatic heterocycles. The van der Waals surface area contributed by atoms with Crippen LogP contribution in [0.3, 0.4) is 0 Å². The Kier molecular flexibility index (Phi) is 6.86. The molecule has 0 N–H and O–H groups in total. The van der Waals surface area contributed by atoms with Gasteiger partial charge in [0.2, 0.25) is 0 Å². The number of amides is 1. The van der Waals surface area contributed by atoms with Crippen molar-refractivity contribution in [3.63, 3.8) is 0 Å². The molecule has 8 heteroatoms. The van der Waals surface area contributed by atoms with Gasteiger partial charge in [0.15, 0.2) is 11.5 Å². The lowest BCUT2D eigenvalue weighted by molar-refractivity contribution is 0.0746. The standard InChI is InChI=1S/C23H28N4O3S/c1-3-12-29-19-6-5-17(15-20(19)30-13-4-2)23(28)27-10-8-26(9-11-27)21-18-7-14-31-22(18)25-16-24-21/h5-7,14-16H,3-4,8-13H2,1-2H3. The fraction of sp³-hybridized carbons (Fsp3) is 0.435. The molecule has 1 saturated heterocycles. The Labute approximate surface area is 186 Å². The van der Waals surface area contributed by atoms with Gasteiger partial charge in [0.1, 0.15) is 17.0 Å². The molecular weight excluding hydrogens is 412 g/mol. The summed E-state index contributed by atoms with van der Waals surface area (Å²) in [4.78, 5) is 27.1. The minimum atomic E-state index is 0.0198. The van der Waals surface area contributed by atoms with E-state index in [0.29, 0.717) is 43.4 Å². The maximum Gasteiger partial charge on any atom is 0.254 e. The molecule has 0 radical (unpaired) electrons. The van der Waals surface area contributed by atoms with E-state index in [-0.39, 0.29) is 5.91 Å². The average Bonchev–Trinajstić information content (AvgIpc) is 3.30. The van der Waals surface area contributed by atoms with Crippen LogP contribution in [0, 0.1) is 0 Å². The Morgan fingerprint density at radius 2 is 1.74 bits per heavy atom. The average molecular weight is 441 g/mol. The van der Waals surface area contributed by atoms with Crippen LogP contribution in [0.1, 0.15) is 37.0 Å². The van der Waals surface area contributed by atoms with Gasteiger partial charge in [-0.1, -0.05) is 13.8 Å². The van der Waals surface area contributed by atoms with E-state index < -0.39 is 0 Å². The molecule has 7 nitrogen and oxygen atoms in total. The molecule has 3 heterocycles. The first-order valence-corrected chi connectivity index (χ1v) is 11.7. The van der Waals surface area contributed by atoms with Gasteiger partial charge < -0.3 is 19.3 Å². The molecule has 1 aliphatic heterocycles. The smallest absolute Gasteiger partial charge is 0.254 e. The zero-order valence-electron chi connectivity index (χ0n) is 18.0. The van der Waals surface area contributed by atoms with Crippen LogP contribution in [0.2, 0.25) is 0 Å². The van der Waals surface area contributed by atoms with E-state index in [1.54, 1.807) is 17.7 Å². The van der Waals surface area contributed by atoms with E-state index in [9.17, 15) is 4.79 Å². The second-order valence-corrected chi connectivity index (χ2v) is 8.37. The van der Waals surface area contributed by atoms with Crippen LogP contribution >= 0.6 is 11.3 Å². The number of anilines is 1. The number of nitrogens with zero attached hydrogens (tertiary/aromatic N) is 4.